The summed E-state index contributed by atoms with van der Waals surface area (Å²) < 4.78 is 9.96. The first-order chi connectivity index (χ1) is 11.2. The van der Waals surface area contributed by atoms with Gasteiger partial charge in [0.1, 0.15) is 12.6 Å². The monoisotopic (exact) mass is 320 g/mol. The third kappa shape index (κ3) is 5.90. The summed E-state index contributed by atoms with van der Waals surface area (Å²) in [6, 6.07) is 8.73. The summed E-state index contributed by atoms with van der Waals surface area (Å²) in [4.78, 5) is 23.8. The molecule has 0 spiro atoms. The Morgan fingerprint density at radius 3 is 2.78 bits per heavy atom. The summed E-state index contributed by atoms with van der Waals surface area (Å²) in [6.45, 7) is 2.03. The molecule has 23 heavy (non-hydrogen) atoms. The molecule has 1 unspecified atom stereocenters. The van der Waals surface area contributed by atoms with Crippen molar-refractivity contribution in [2.75, 3.05) is 20.2 Å². The van der Waals surface area contributed by atoms with E-state index in [1.165, 1.54) is 7.11 Å². The van der Waals surface area contributed by atoms with Gasteiger partial charge in [-0.1, -0.05) is 30.3 Å². The minimum atomic E-state index is -0.673. The fourth-order valence-electron chi connectivity index (χ4n) is 2.72. The minimum Gasteiger partial charge on any atom is -0.467 e. The van der Waals surface area contributed by atoms with Crippen molar-refractivity contribution in [3.63, 3.8) is 0 Å². The highest BCUT2D eigenvalue weighted by molar-refractivity contribution is 5.81. The Kier molecular flexibility index (Phi) is 6.87. The van der Waals surface area contributed by atoms with Crippen molar-refractivity contribution in [3.05, 3.63) is 35.9 Å². The van der Waals surface area contributed by atoms with Crippen LogP contribution in [0.5, 0.6) is 0 Å². The van der Waals surface area contributed by atoms with E-state index in [1.807, 2.05) is 30.3 Å². The number of methoxy groups -OCH3 is 1. The number of nitrogens with one attached hydrogen (secondary N) is 2. The Bertz CT molecular complexity index is 501. The molecule has 0 radical (unpaired) electrons. The molecule has 0 aromatic heterocycles. The maximum atomic E-state index is 11.9. The molecule has 0 aliphatic carbocycles. The molecular weight excluding hydrogens is 296 g/mol. The Hall–Kier alpha value is -2.08. The van der Waals surface area contributed by atoms with Gasteiger partial charge in [-0.25, -0.2) is 9.59 Å². The molecule has 1 fully saturated rings. The molecule has 2 atom stereocenters. The van der Waals surface area contributed by atoms with Crippen molar-refractivity contribution in [2.45, 2.75) is 31.9 Å². The first-order valence-electron chi connectivity index (χ1n) is 7.95. The van der Waals surface area contributed by atoms with Crippen LogP contribution in [-0.2, 0) is 20.9 Å². The topological polar surface area (TPSA) is 76.7 Å². The number of rotatable bonds is 6. The van der Waals surface area contributed by atoms with Crippen LogP contribution in [0.25, 0.3) is 0 Å². The number of carbonyl (C=O) groups excluding carboxylic acids is 2. The lowest BCUT2D eigenvalue weighted by atomic mass is 9.92. The van der Waals surface area contributed by atoms with E-state index in [4.69, 9.17) is 9.47 Å². The van der Waals surface area contributed by atoms with Crippen LogP contribution in [0.4, 0.5) is 4.79 Å². The second-order valence-corrected chi connectivity index (χ2v) is 5.73. The summed E-state index contributed by atoms with van der Waals surface area (Å²) >= 11 is 0. The summed E-state index contributed by atoms with van der Waals surface area (Å²) in [5, 5.41) is 5.92. The van der Waals surface area contributed by atoms with E-state index in [-0.39, 0.29) is 6.61 Å². The number of amides is 1. The Balaban J connectivity index is 1.83. The van der Waals surface area contributed by atoms with Crippen LogP contribution in [0.3, 0.4) is 0 Å². The van der Waals surface area contributed by atoms with Gasteiger partial charge in [-0.3, -0.25) is 0 Å². The predicted octanol–water partition coefficient (Wildman–Crippen LogP) is 1.84. The third-order valence-corrected chi connectivity index (χ3v) is 3.96. The number of alkyl carbamates (subject to hydrolysis) is 1. The third-order valence-electron chi connectivity index (χ3n) is 3.96. The fourth-order valence-corrected chi connectivity index (χ4v) is 2.72. The van der Waals surface area contributed by atoms with E-state index < -0.39 is 18.1 Å². The number of benzene rings is 1. The van der Waals surface area contributed by atoms with Crippen molar-refractivity contribution >= 4 is 12.1 Å². The van der Waals surface area contributed by atoms with Crippen LogP contribution in [0.1, 0.15) is 24.8 Å². The summed E-state index contributed by atoms with van der Waals surface area (Å²) in [6.07, 6.45) is 2.08. The lowest BCUT2D eigenvalue weighted by Crippen LogP contribution is -2.44. The summed E-state index contributed by atoms with van der Waals surface area (Å²) in [5.74, 6) is -0.0884. The fraction of sp³-hybridized carbons (Fsp3) is 0.529. The van der Waals surface area contributed by atoms with Crippen LogP contribution < -0.4 is 10.6 Å². The molecule has 2 rings (SSSR count). The maximum absolute atomic E-state index is 11.9. The van der Waals surface area contributed by atoms with E-state index in [0.717, 1.165) is 31.5 Å². The zero-order valence-corrected chi connectivity index (χ0v) is 13.4. The van der Waals surface area contributed by atoms with Gasteiger partial charge < -0.3 is 20.1 Å². The molecule has 2 N–H and O–H groups in total. The normalized spacial score (nSPS) is 18.7. The Labute approximate surface area is 136 Å². The van der Waals surface area contributed by atoms with Crippen molar-refractivity contribution in [3.8, 4) is 0 Å². The van der Waals surface area contributed by atoms with E-state index in [1.54, 1.807) is 0 Å². The number of hydrogen-bond acceptors (Lipinski definition) is 5. The van der Waals surface area contributed by atoms with Crippen LogP contribution in [0.15, 0.2) is 30.3 Å². The maximum Gasteiger partial charge on any atom is 0.408 e. The molecule has 1 aromatic rings. The van der Waals surface area contributed by atoms with Gasteiger partial charge in [-0.15, -0.1) is 0 Å². The van der Waals surface area contributed by atoms with Crippen molar-refractivity contribution in [2.24, 2.45) is 5.92 Å². The summed E-state index contributed by atoms with van der Waals surface area (Å²) in [5.41, 5.74) is 0.897. The number of hydrogen-bond donors (Lipinski definition) is 2. The average Bonchev–Trinajstić information content (AvgIpc) is 2.60. The minimum absolute atomic E-state index is 0.172. The molecule has 6 heteroatoms. The predicted molar refractivity (Wildman–Crippen MR) is 85.8 cm³/mol. The number of piperidine rings is 1. The van der Waals surface area contributed by atoms with Gasteiger partial charge in [0, 0.05) is 0 Å². The van der Waals surface area contributed by atoms with E-state index >= 15 is 0 Å². The highest BCUT2D eigenvalue weighted by Gasteiger charge is 2.27. The molecule has 0 saturated carbocycles. The van der Waals surface area contributed by atoms with E-state index in [0.29, 0.717) is 12.3 Å². The molecule has 1 saturated heterocycles. The molecule has 126 valence electrons. The smallest absolute Gasteiger partial charge is 0.408 e. The Morgan fingerprint density at radius 2 is 2.13 bits per heavy atom. The van der Waals surface area contributed by atoms with Crippen molar-refractivity contribution in [1.82, 2.24) is 10.6 Å². The van der Waals surface area contributed by atoms with Crippen molar-refractivity contribution in [1.29, 1.82) is 0 Å². The van der Waals surface area contributed by atoms with Gasteiger partial charge in [-0.05, 0) is 43.8 Å². The van der Waals surface area contributed by atoms with Gasteiger partial charge in [0.05, 0.1) is 7.11 Å². The van der Waals surface area contributed by atoms with Gasteiger partial charge in [-0.2, -0.15) is 0 Å². The summed E-state index contributed by atoms with van der Waals surface area (Å²) in [7, 11) is 1.32. The first kappa shape index (κ1) is 17.3. The molecule has 1 heterocycles. The zero-order chi connectivity index (χ0) is 16.5. The Morgan fingerprint density at radius 1 is 1.35 bits per heavy atom. The van der Waals surface area contributed by atoms with Gasteiger partial charge in [0.25, 0.3) is 0 Å². The second-order valence-electron chi connectivity index (χ2n) is 5.73. The molecular formula is C17H24N2O4. The molecule has 1 aliphatic heterocycles. The highest BCUT2D eigenvalue weighted by Crippen LogP contribution is 2.17. The molecule has 1 aliphatic rings. The lowest BCUT2D eigenvalue weighted by Gasteiger charge is -2.26. The van der Waals surface area contributed by atoms with E-state index in [9.17, 15) is 9.59 Å². The molecule has 1 aromatic carbocycles. The largest absolute Gasteiger partial charge is 0.467 e. The standard InChI is InChI=1S/C17H24N2O4/c1-22-16(20)15(10-14-8-5-9-18-11-14)19-17(21)23-12-13-6-3-2-4-7-13/h2-4,6-7,14-15,18H,5,8-12H2,1H3,(H,19,21)/t14-,15?/m0/s1. The van der Waals surface area contributed by atoms with Gasteiger partial charge in [0.15, 0.2) is 0 Å². The molecule has 6 nitrogen and oxygen atoms in total. The first-order valence-corrected chi connectivity index (χ1v) is 7.95. The molecule has 1 amide bonds. The lowest BCUT2D eigenvalue weighted by molar-refractivity contribution is -0.143. The quantitative estimate of drug-likeness (QED) is 0.782. The molecule has 0 bridgehead atoms. The van der Waals surface area contributed by atoms with Crippen LogP contribution in [-0.4, -0.2) is 38.3 Å². The van der Waals surface area contributed by atoms with Gasteiger partial charge in [0.2, 0.25) is 0 Å². The van der Waals surface area contributed by atoms with Crippen LogP contribution in [0, 0.1) is 5.92 Å². The van der Waals surface area contributed by atoms with Crippen molar-refractivity contribution < 1.29 is 19.1 Å². The zero-order valence-electron chi connectivity index (χ0n) is 13.4. The van der Waals surface area contributed by atoms with Crippen LogP contribution >= 0.6 is 0 Å². The number of esters is 1. The second kappa shape index (κ2) is 9.15. The van der Waals surface area contributed by atoms with Gasteiger partial charge >= 0.3 is 12.1 Å². The van der Waals surface area contributed by atoms with E-state index in [2.05, 4.69) is 10.6 Å². The average molecular weight is 320 g/mol. The van der Waals surface area contributed by atoms with Crippen LogP contribution in [0.2, 0.25) is 0 Å². The number of carbonyl (C=O) groups is 2. The number of ether oxygens (including phenoxy) is 2. The highest BCUT2D eigenvalue weighted by atomic mass is 16.6. The SMILES string of the molecule is COC(=O)C(C[C@@H]1CCCNC1)NC(=O)OCc1ccccc1.